The van der Waals surface area contributed by atoms with Gasteiger partial charge in [0.15, 0.2) is 0 Å². The van der Waals surface area contributed by atoms with Crippen LogP contribution in [0.4, 0.5) is 0 Å². The van der Waals surface area contributed by atoms with Crippen LogP contribution >= 0.6 is 0 Å². The number of aromatic nitrogens is 5. The van der Waals surface area contributed by atoms with E-state index in [9.17, 15) is 0 Å². The first-order valence-electron chi connectivity index (χ1n) is 19.8. The van der Waals surface area contributed by atoms with Crippen molar-refractivity contribution in [3.05, 3.63) is 200 Å². The number of benzene rings is 8. The molecule has 0 unspecified atom stereocenters. The van der Waals surface area contributed by atoms with Crippen molar-refractivity contribution in [1.29, 1.82) is 0 Å². The van der Waals surface area contributed by atoms with Gasteiger partial charge in [-0.2, -0.15) is 0 Å². The number of rotatable bonds is 4. The summed E-state index contributed by atoms with van der Waals surface area (Å²) in [5.74, 6) is 1.74. The van der Waals surface area contributed by atoms with Gasteiger partial charge in [0.2, 0.25) is 0 Å². The summed E-state index contributed by atoms with van der Waals surface area (Å²) in [7, 11) is 0. The zero-order valence-electron chi connectivity index (χ0n) is 31.3. The van der Waals surface area contributed by atoms with Crippen LogP contribution in [0.15, 0.2) is 200 Å². The molecule has 0 radical (unpaired) electrons. The highest BCUT2D eigenvalue weighted by Crippen LogP contribution is 2.42. The van der Waals surface area contributed by atoms with Crippen molar-refractivity contribution in [3.63, 3.8) is 0 Å². The maximum atomic E-state index is 5.58. The molecular weight excluding hydrogens is 707 g/mol. The van der Waals surface area contributed by atoms with E-state index in [0.29, 0.717) is 0 Å². The number of hydrogen-bond acceptors (Lipinski definition) is 1. The number of hydrogen-bond donors (Lipinski definition) is 0. The van der Waals surface area contributed by atoms with E-state index in [-0.39, 0.29) is 0 Å². The lowest BCUT2D eigenvalue weighted by molar-refractivity contribution is 1.01. The third kappa shape index (κ3) is 4.27. The second-order valence-corrected chi connectivity index (χ2v) is 15.2. The molecule has 5 heteroatoms. The third-order valence-corrected chi connectivity index (χ3v) is 12.1. The van der Waals surface area contributed by atoms with Crippen molar-refractivity contribution in [1.82, 2.24) is 23.3 Å². The van der Waals surface area contributed by atoms with Crippen LogP contribution in [-0.4, -0.2) is 23.3 Å². The largest absolute Gasteiger partial charge is 0.309 e. The first kappa shape index (κ1) is 31.3. The Morgan fingerprint density at radius 3 is 0.914 bits per heavy atom. The van der Waals surface area contributed by atoms with Gasteiger partial charge < -0.3 is 9.13 Å². The molecule has 5 heterocycles. The number of para-hydroxylation sites is 6. The average Bonchev–Trinajstić information content (AvgIpc) is 4.00. The molecule has 0 spiro atoms. The van der Waals surface area contributed by atoms with Crippen LogP contribution in [0.25, 0.3) is 110 Å². The minimum absolute atomic E-state index is 0.871. The Kier molecular flexibility index (Phi) is 6.38. The summed E-state index contributed by atoms with van der Waals surface area (Å²) >= 11 is 0. The van der Waals surface area contributed by atoms with Gasteiger partial charge in [-0.1, -0.05) is 115 Å². The number of fused-ring (bicyclic) bond motifs is 12. The van der Waals surface area contributed by atoms with Gasteiger partial charge in [-0.05, 0) is 84.9 Å². The summed E-state index contributed by atoms with van der Waals surface area (Å²) in [6.07, 6.45) is 0. The zero-order chi connectivity index (χ0) is 37.9. The van der Waals surface area contributed by atoms with Crippen LogP contribution in [0.2, 0.25) is 0 Å². The molecule has 0 saturated heterocycles. The smallest absolute Gasteiger partial charge is 0.140 e. The maximum Gasteiger partial charge on any atom is 0.140 e. The highest BCUT2D eigenvalue weighted by atomic mass is 15.1. The summed E-state index contributed by atoms with van der Waals surface area (Å²) in [6, 6.07) is 72.3. The number of pyridine rings is 1. The van der Waals surface area contributed by atoms with Gasteiger partial charge >= 0.3 is 0 Å². The van der Waals surface area contributed by atoms with E-state index in [1.165, 1.54) is 65.2 Å². The Morgan fingerprint density at radius 1 is 0.224 bits per heavy atom. The van der Waals surface area contributed by atoms with Crippen LogP contribution in [0, 0.1) is 0 Å². The number of nitrogens with zero attached hydrogens (tertiary/aromatic N) is 5. The molecule has 13 rings (SSSR count). The maximum absolute atomic E-state index is 5.58. The highest BCUT2D eigenvalue weighted by molar-refractivity contribution is 6.20. The minimum atomic E-state index is 0.871. The molecule has 0 atom stereocenters. The van der Waals surface area contributed by atoms with Crippen molar-refractivity contribution >= 4 is 87.2 Å². The lowest BCUT2D eigenvalue weighted by Gasteiger charge is -2.12. The molecule has 270 valence electrons. The Hall–Kier alpha value is -7.89. The molecule has 0 aliphatic heterocycles. The van der Waals surface area contributed by atoms with Crippen LogP contribution in [0.3, 0.4) is 0 Å². The van der Waals surface area contributed by atoms with Crippen molar-refractivity contribution in [2.24, 2.45) is 0 Å². The Morgan fingerprint density at radius 2 is 0.534 bits per heavy atom. The minimum Gasteiger partial charge on any atom is -0.309 e. The van der Waals surface area contributed by atoms with Crippen molar-refractivity contribution < 1.29 is 0 Å². The van der Waals surface area contributed by atoms with Gasteiger partial charge in [0.25, 0.3) is 0 Å². The topological polar surface area (TPSA) is 32.6 Å². The van der Waals surface area contributed by atoms with Crippen LogP contribution in [-0.2, 0) is 0 Å². The Balaban J connectivity index is 1.10. The molecule has 0 aliphatic rings. The fourth-order valence-electron chi connectivity index (χ4n) is 9.73. The predicted molar refractivity (Wildman–Crippen MR) is 242 cm³/mol. The van der Waals surface area contributed by atoms with Gasteiger partial charge in [-0.15, -0.1) is 0 Å². The quantitative estimate of drug-likeness (QED) is 0.177. The van der Waals surface area contributed by atoms with Crippen molar-refractivity contribution in [3.8, 4) is 23.0 Å². The Bertz CT molecular complexity index is 3540. The van der Waals surface area contributed by atoms with E-state index in [0.717, 1.165) is 45.1 Å². The first-order chi connectivity index (χ1) is 28.8. The van der Waals surface area contributed by atoms with Gasteiger partial charge in [0.1, 0.15) is 11.6 Å². The van der Waals surface area contributed by atoms with Gasteiger partial charge in [-0.25, -0.2) is 4.98 Å². The van der Waals surface area contributed by atoms with Crippen molar-refractivity contribution in [2.75, 3.05) is 0 Å². The molecule has 5 aromatic heterocycles. The molecule has 0 aliphatic carbocycles. The standard InChI is InChI=1S/C53H33N5/c1-3-16-34(17-4-1)55-44-24-11-7-20-36(44)40-30-42-38-22-9-13-26-46(38)57(50(42)32-48(40)55)52-28-15-29-53(54-52)58-47-27-14-10-23-39(47)43-31-41-37-21-8-12-25-45(37)56(49(41)33-51(43)58)35-18-5-2-6-19-35/h1-33H. The second-order valence-electron chi connectivity index (χ2n) is 15.2. The molecule has 0 bridgehead atoms. The van der Waals surface area contributed by atoms with E-state index in [1.54, 1.807) is 0 Å². The van der Waals surface area contributed by atoms with Crippen molar-refractivity contribution in [2.45, 2.75) is 0 Å². The van der Waals surface area contributed by atoms with E-state index >= 15 is 0 Å². The van der Waals surface area contributed by atoms with E-state index in [1.807, 2.05) is 0 Å². The normalized spacial score (nSPS) is 12.1. The lowest BCUT2D eigenvalue weighted by atomic mass is 10.1. The lowest BCUT2D eigenvalue weighted by Crippen LogP contribution is -2.03. The average molecular weight is 740 g/mol. The molecule has 0 saturated carbocycles. The van der Waals surface area contributed by atoms with Gasteiger partial charge in [0.05, 0.1) is 44.1 Å². The summed E-state index contributed by atoms with van der Waals surface area (Å²) < 4.78 is 9.48. The fourth-order valence-corrected chi connectivity index (χ4v) is 9.73. The summed E-state index contributed by atoms with van der Waals surface area (Å²) in [4.78, 5) is 5.58. The molecule has 8 aromatic carbocycles. The molecule has 5 nitrogen and oxygen atoms in total. The highest BCUT2D eigenvalue weighted by Gasteiger charge is 2.21. The molecule has 0 fully saturated rings. The molecular formula is C53H33N5. The summed E-state index contributed by atoms with van der Waals surface area (Å²) in [5, 5.41) is 9.78. The first-order valence-corrected chi connectivity index (χ1v) is 19.8. The second kappa shape index (κ2) is 11.8. The Labute approximate surface area is 332 Å². The summed E-state index contributed by atoms with van der Waals surface area (Å²) in [5.41, 5.74) is 11.5. The predicted octanol–water partition coefficient (Wildman–Crippen LogP) is 13.5. The molecule has 0 amide bonds. The van der Waals surface area contributed by atoms with E-state index in [4.69, 9.17) is 4.98 Å². The van der Waals surface area contributed by atoms with Gasteiger partial charge in [-0.3, -0.25) is 9.13 Å². The van der Waals surface area contributed by atoms with Crippen LogP contribution < -0.4 is 0 Å². The van der Waals surface area contributed by atoms with Crippen LogP contribution in [0.1, 0.15) is 0 Å². The summed E-state index contributed by atoms with van der Waals surface area (Å²) in [6.45, 7) is 0. The molecule has 13 aromatic rings. The SMILES string of the molecule is c1ccc(-n2c3ccccc3c3cc4c5ccccc5n(-c5cccc(-n6c7ccccc7c7cc8c9ccccc9n(-c9ccccc9)c8cc76)n5)c4cc32)cc1. The van der Waals surface area contributed by atoms with E-state index < -0.39 is 0 Å². The third-order valence-electron chi connectivity index (χ3n) is 12.1. The molecule has 0 N–H and O–H groups in total. The fraction of sp³-hybridized carbons (Fsp3) is 0. The molecule has 58 heavy (non-hydrogen) atoms. The van der Waals surface area contributed by atoms with Crippen LogP contribution in [0.5, 0.6) is 0 Å². The monoisotopic (exact) mass is 739 g/mol. The van der Waals surface area contributed by atoms with E-state index in [2.05, 4.69) is 218 Å². The van der Waals surface area contributed by atoms with Gasteiger partial charge in [0, 0.05) is 54.5 Å². The zero-order valence-corrected chi connectivity index (χ0v) is 31.3.